The zero-order valence-corrected chi connectivity index (χ0v) is 23.0. The normalized spacial score (nSPS) is 29.9. The molecule has 50 heavy (non-hydrogen) atoms. The van der Waals surface area contributed by atoms with E-state index in [2.05, 4.69) is 14.2 Å². The number of rotatable bonds is 6. The molecule has 2 unspecified atom stereocenters. The Hall–Kier alpha value is -3.13. The van der Waals surface area contributed by atoms with E-state index in [1.54, 1.807) is 0 Å². The Labute approximate surface area is 259 Å². The highest BCUT2D eigenvalue weighted by Crippen LogP contribution is 2.66. The summed E-state index contributed by atoms with van der Waals surface area (Å²) in [5.74, 6) is -14.9. The maximum absolute atomic E-state index is 16.1. The van der Waals surface area contributed by atoms with E-state index >= 15 is 4.39 Å². The molecule has 4 rings (SSSR count). The van der Waals surface area contributed by atoms with Crippen molar-refractivity contribution in [1.29, 1.82) is 0 Å². The summed E-state index contributed by atoms with van der Waals surface area (Å²) in [5, 5.41) is 0. The Bertz CT molecular complexity index is 1270. The van der Waals surface area contributed by atoms with Gasteiger partial charge in [-0.25, -0.2) is 31.9 Å². The first-order valence-electron chi connectivity index (χ1n) is 12.6. The standard InChI is InChI=1S/C22H12F22O6/c23-7-12(49-9(46)15(25,19(33,34)35)20(36,37)38)2-6-1-11(4-12,48-8(45)14(24,17(27,28)29)18(30,31)32)5-13(7,3-6)50-10(47)16(26,21(39,40)41)22(42,43)44/h6-7H,1-5H2. The molecule has 0 aromatic heterocycles. The molecule has 0 amide bonds. The van der Waals surface area contributed by atoms with Crippen LogP contribution in [0.2, 0.25) is 0 Å². The first-order valence-corrected chi connectivity index (χ1v) is 12.6. The zero-order valence-electron chi connectivity index (χ0n) is 23.0. The van der Waals surface area contributed by atoms with E-state index in [1.807, 2.05) is 0 Å². The quantitative estimate of drug-likeness (QED) is 0.160. The Morgan fingerprint density at radius 3 is 0.900 bits per heavy atom. The summed E-state index contributed by atoms with van der Waals surface area (Å²) in [7, 11) is 0. The molecular formula is C22H12F22O6. The second kappa shape index (κ2) is 10.9. The minimum absolute atomic E-state index is 1.48. The first kappa shape index (κ1) is 41.3. The maximum atomic E-state index is 16.1. The second-order valence-electron chi connectivity index (χ2n) is 11.6. The maximum Gasteiger partial charge on any atom is 0.442 e. The molecule has 6 nitrogen and oxygen atoms in total. The number of halogens is 22. The smallest absolute Gasteiger partial charge is 0.442 e. The fourth-order valence-electron chi connectivity index (χ4n) is 6.35. The molecule has 0 radical (unpaired) electrons. The second-order valence-corrected chi connectivity index (χ2v) is 11.6. The number of carbonyl (C=O) groups excluding carboxylic acids is 3. The number of hydrogen-bond donors (Lipinski definition) is 0. The number of esters is 3. The van der Waals surface area contributed by atoms with E-state index in [1.165, 1.54) is 0 Å². The Kier molecular flexibility index (Phi) is 9.04. The first-order chi connectivity index (χ1) is 21.7. The molecule has 28 heteroatoms. The summed E-state index contributed by atoms with van der Waals surface area (Å²) in [6, 6.07) is 0. The van der Waals surface area contributed by atoms with Crippen LogP contribution in [0.15, 0.2) is 0 Å². The van der Waals surface area contributed by atoms with E-state index < -0.39 is 133 Å². The number of carbonyl (C=O) groups is 3. The van der Waals surface area contributed by atoms with Gasteiger partial charge in [-0.2, -0.15) is 79.0 Å². The van der Waals surface area contributed by atoms with Crippen LogP contribution in [0.25, 0.3) is 0 Å². The van der Waals surface area contributed by atoms with Crippen LogP contribution in [-0.4, -0.2) is 94.9 Å². The molecule has 0 saturated heterocycles. The summed E-state index contributed by atoms with van der Waals surface area (Å²) in [6.07, 6.45) is -58.0. The van der Waals surface area contributed by atoms with E-state index in [0.717, 1.165) is 0 Å². The van der Waals surface area contributed by atoms with Gasteiger partial charge in [-0.05, 0) is 25.2 Å². The Morgan fingerprint density at radius 1 is 0.420 bits per heavy atom. The molecule has 4 bridgehead atoms. The van der Waals surface area contributed by atoms with Gasteiger partial charge in [0.1, 0.15) is 5.60 Å². The molecule has 0 aliphatic heterocycles. The lowest BCUT2D eigenvalue weighted by Crippen LogP contribution is -2.77. The minimum atomic E-state index is -7.41. The van der Waals surface area contributed by atoms with E-state index in [0.29, 0.717) is 0 Å². The van der Waals surface area contributed by atoms with Gasteiger partial charge in [0, 0.05) is 12.8 Å². The summed E-state index contributed by atoms with van der Waals surface area (Å²) in [4.78, 5) is 36.5. The number of ether oxygens (including phenoxy) is 3. The van der Waals surface area contributed by atoms with Crippen molar-refractivity contribution in [2.24, 2.45) is 5.92 Å². The van der Waals surface area contributed by atoms with Crippen molar-refractivity contribution in [3.8, 4) is 0 Å². The number of hydrogen-bond acceptors (Lipinski definition) is 6. The van der Waals surface area contributed by atoms with Crippen molar-refractivity contribution in [2.45, 2.75) is 109 Å². The van der Waals surface area contributed by atoms with Crippen molar-refractivity contribution in [3.63, 3.8) is 0 Å². The van der Waals surface area contributed by atoms with Crippen molar-refractivity contribution in [3.05, 3.63) is 0 Å². The van der Waals surface area contributed by atoms with Crippen molar-refractivity contribution in [2.75, 3.05) is 0 Å². The van der Waals surface area contributed by atoms with Crippen LogP contribution in [0.1, 0.15) is 32.1 Å². The van der Waals surface area contributed by atoms with Gasteiger partial charge in [0.05, 0.1) is 0 Å². The Balaban J connectivity index is 2.28. The van der Waals surface area contributed by atoms with Crippen molar-refractivity contribution >= 4 is 17.9 Å². The summed E-state index contributed by atoms with van der Waals surface area (Å²) in [6.45, 7) is 0. The number of alkyl halides is 22. The zero-order chi connectivity index (χ0) is 39.5. The van der Waals surface area contributed by atoms with Crippen LogP contribution >= 0.6 is 0 Å². The molecule has 2 atom stereocenters. The molecule has 4 aliphatic carbocycles. The predicted octanol–water partition coefficient (Wildman–Crippen LogP) is 7.28. The van der Waals surface area contributed by atoms with Gasteiger partial charge in [-0.3, -0.25) is 0 Å². The highest BCUT2D eigenvalue weighted by molar-refractivity contribution is 5.84. The molecule has 4 fully saturated rings. The average Bonchev–Trinajstić information content (AvgIpc) is 2.85. The van der Waals surface area contributed by atoms with Gasteiger partial charge < -0.3 is 14.2 Å². The molecule has 0 aromatic carbocycles. The lowest BCUT2D eigenvalue weighted by atomic mass is 9.49. The molecule has 0 aromatic rings. The van der Waals surface area contributed by atoms with E-state index in [-0.39, 0.29) is 0 Å². The van der Waals surface area contributed by atoms with Gasteiger partial charge in [0.15, 0.2) is 17.4 Å². The average molecular weight is 790 g/mol. The lowest BCUT2D eigenvalue weighted by Gasteiger charge is -2.65. The minimum Gasteiger partial charge on any atom is -0.456 e. The summed E-state index contributed by atoms with van der Waals surface area (Å²) >= 11 is 0. The summed E-state index contributed by atoms with van der Waals surface area (Å²) in [5.41, 5.74) is -33.8. The van der Waals surface area contributed by atoms with Crippen LogP contribution < -0.4 is 0 Å². The van der Waals surface area contributed by atoms with Crippen LogP contribution in [-0.2, 0) is 28.6 Å². The fraction of sp³-hybridized carbons (Fsp3) is 0.864. The van der Waals surface area contributed by atoms with Crippen LogP contribution in [0.3, 0.4) is 0 Å². The highest BCUT2D eigenvalue weighted by atomic mass is 19.5. The topological polar surface area (TPSA) is 78.9 Å². The van der Waals surface area contributed by atoms with E-state index in [4.69, 9.17) is 0 Å². The van der Waals surface area contributed by atoms with E-state index in [9.17, 15) is 107 Å². The van der Waals surface area contributed by atoms with Crippen LogP contribution in [0.5, 0.6) is 0 Å². The molecule has 4 saturated carbocycles. The molecule has 0 spiro atoms. The molecule has 0 N–H and O–H groups in total. The third-order valence-corrected chi connectivity index (χ3v) is 8.18. The monoisotopic (exact) mass is 790 g/mol. The molecule has 290 valence electrons. The Morgan fingerprint density at radius 2 is 0.660 bits per heavy atom. The molecular weight excluding hydrogens is 778 g/mol. The molecule has 4 aliphatic rings. The predicted molar refractivity (Wildman–Crippen MR) is 106 cm³/mol. The van der Waals surface area contributed by atoms with Crippen LogP contribution in [0, 0.1) is 5.92 Å². The van der Waals surface area contributed by atoms with Gasteiger partial charge >= 0.3 is 72.0 Å². The molecule has 0 heterocycles. The van der Waals surface area contributed by atoms with Gasteiger partial charge in [0.2, 0.25) is 0 Å². The third-order valence-electron chi connectivity index (χ3n) is 8.18. The van der Waals surface area contributed by atoms with Crippen molar-refractivity contribution in [1.82, 2.24) is 0 Å². The largest absolute Gasteiger partial charge is 0.456 e. The highest BCUT2D eigenvalue weighted by Gasteiger charge is 2.85. The van der Waals surface area contributed by atoms with Gasteiger partial charge in [-0.15, -0.1) is 0 Å². The van der Waals surface area contributed by atoms with Gasteiger partial charge in [0.25, 0.3) is 0 Å². The fourth-order valence-corrected chi connectivity index (χ4v) is 6.35. The van der Waals surface area contributed by atoms with Crippen LogP contribution in [0.4, 0.5) is 96.6 Å². The SMILES string of the molecule is O=C(OC12CC3CC(OC(=O)C(F)(C(F)(F)F)C(F)(F)F)(C1)C(F)C(OC(=O)C(F)(C(F)(F)F)C(F)(F)F)(C3)C2)C(F)(C(F)(F)F)C(F)(F)F. The van der Waals surface area contributed by atoms with Gasteiger partial charge in [-0.1, -0.05) is 0 Å². The lowest BCUT2D eigenvalue weighted by molar-refractivity contribution is -0.357. The van der Waals surface area contributed by atoms with Crippen molar-refractivity contribution < 1.29 is 125 Å². The summed E-state index contributed by atoms with van der Waals surface area (Å²) < 4.78 is 308. The third kappa shape index (κ3) is 5.72.